The van der Waals surface area contributed by atoms with E-state index in [9.17, 15) is 4.79 Å². The predicted octanol–water partition coefficient (Wildman–Crippen LogP) is 2.51. The molecule has 23 heavy (non-hydrogen) atoms. The van der Waals surface area contributed by atoms with Crippen molar-refractivity contribution in [3.05, 3.63) is 35.9 Å². The van der Waals surface area contributed by atoms with Gasteiger partial charge in [-0.15, -0.1) is 12.4 Å². The summed E-state index contributed by atoms with van der Waals surface area (Å²) in [6.45, 7) is 8.82. The third-order valence-electron chi connectivity index (χ3n) is 4.89. The Morgan fingerprint density at radius 1 is 1.39 bits per heavy atom. The Morgan fingerprint density at radius 2 is 2.00 bits per heavy atom. The van der Waals surface area contributed by atoms with Crippen molar-refractivity contribution in [2.24, 2.45) is 11.1 Å². The smallest absolute Gasteiger partial charge is 0.239 e. The maximum atomic E-state index is 12.7. The number of carbonyl (C=O) groups excluding carboxylic acids is 1. The molecule has 0 aliphatic carbocycles. The first-order valence-electron chi connectivity index (χ1n) is 8.10. The molecular formula is C18H30ClN3O. The molecule has 0 radical (unpaired) electrons. The number of hydrogen-bond donors (Lipinski definition) is 1. The van der Waals surface area contributed by atoms with E-state index in [1.54, 1.807) is 0 Å². The summed E-state index contributed by atoms with van der Waals surface area (Å²) in [4.78, 5) is 16.8. The van der Waals surface area contributed by atoms with E-state index in [1.165, 1.54) is 0 Å². The van der Waals surface area contributed by atoms with Crippen LogP contribution in [0.3, 0.4) is 0 Å². The molecule has 130 valence electrons. The van der Waals surface area contributed by atoms with Crippen molar-refractivity contribution in [3.8, 4) is 0 Å². The molecule has 0 bridgehead atoms. The second-order valence-corrected chi connectivity index (χ2v) is 7.21. The van der Waals surface area contributed by atoms with E-state index >= 15 is 0 Å². The third kappa shape index (κ3) is 4.93. The van der Waals surface area contributed by atoms with Crippen molar-refractivity contribution < 1.29 is 4.79 Å². The first-order valence-corrected chi connectivity index (χ1v) is 8.10. The van der Waals surface area contributed by atoms with Gasteiger partial charge < -0.3 is 10.6 Å². The highest BCUT2D eigenvalue weighted by molar-refractivity contribution is 5.85. The number of halogens is 1. The van der Waals surface area contributed by atoms with Gasteiger partial charge in [-0.2, -0.15) is 0 Å². The van der Waals surface area contributed by atoms with Crippen LogP contribution in [-0.2, 0) is 11.3 Å². The Balaban J connectivity index is 0.00000264. The van der Waals surface area contributed by atoms with Crippen molar-refractivity contribution in [2.45, 2.75) is 45.8 Å². The fourth-order valence-corrected chi connectivity index (χ4v) is 3.16. The van der Waals surface area contributed by atoms with Crippen LogP contribution in [0.2, 0.25) is 0 Å². The van der Waals surface area contributed by atoms with Crippen LogP contribution in [-0.4, -0.2) is 47.9 Å². The zero-order valence-corrected chi connectivity index (χ0v) is 15.5. The zero-order chi connectivity index (χ0) is 16.3. The minimum atomic E-state index is -0.0968. The number of hydrogen-bond acceptors (Lipinski definition) is 3. The number of benzene rings is 1. The molecular weight excluding hydrogens is 310 g/mol. The van der Waals surface area contributed by atoms with Crippen molar-refractivity contribution in [2.75, 3.05) is 20.1 Å². The van der Waals surface area contributed by atoms with E-state index in [0.29, 0.717) is 6.54 Å². The Labute approximate surface area is 146 Å². The SMILES string of the molecule is CC(C(=O)N(C)Cc1ccccc1)N1CCC(N)C(C)(C)C1.Cl. The molecule has 1 aliphatic heterocycles. The molecule has 2 rings (SSSR count). The lowest BCUT2D eigenvalue weighted by atomic mass is 9.79. The van der Waals surface area contributed by atoms with E-state index in [4.69, 9.17) is 5.73 Å². The molecule has 2 atom stereocenters. The minimum absolute atomic E-state index is 0. The monoisotopic (exact) mass is 339 g/mol. The fourth-order valence-electron chi connectivity index (χ4n) is 3.16. The Kier molecular flexibility index (Phi) is 7.05. The van der Waals surface area contributed by atoms with Gasteiger partial charge >= 0.3 is 0 Å². The van der Waals surface area contributed by atoms with E-state index < -0.39 is 0 Å². The molecule has 1 heterocycles. The second-order valence-electron chi connectivity index (χ2n) is 7.21. The maximum Gasteiger partial charge on any atom is 0.239 e. The molecule has 0 aromatic heterocycles. The quantitative estimate of drug-likeness (QED) is 0.917. The summed E-state index contributed by atoms with van der Waals surface area (Å²) in [5.41, 5.74) is 7.41. The molecule has 4 nitrogen and oxygen atoms in total. The number of likely N-dealkylation sites (N-methyl/N-ethyl adjacent to an activating group) is 1. The van der Waals surface area contributed by atoms with Gasteiger partial charge in [0.1, 0.15) is 0 Å². The van der Waals surface area contributed by atoms with Crippen molar-refractivity contribution in [3.63, 3.8) is 0 Å². The Hall–Kier alpha value is -1.10. The summed E-state index contributed by atoms with van der Waals surface area (Å²) in [5, 5.41) is 0. The molecule has 5 heteroatoms. The van der Waals surface area contributed by atoms with Gasteiger partial charge in [0.05, 0.1) is 6.04 Å². The number of carbonyl (C=O) groups is 1. The van der Waals surface area contributed by atoms with E-state index in [-0.39, 0.29) is 35.8 Å². The molecule has 1 aromatic carbocycles. The minimum Gasteiger partial charge on any atom is -0.340 e. The molecule has 0 spiro atoms. The van der Waals surface area contributed by atoms with Crippen molar-refractivity contribution in [1.29, 1.82) is 0 Å². The standard InChI is InChI=1S/C18H29N3O.ClH/c1-14(21-11-10-16(19)18(2,3)13-21)17(22)20(4)12-15-8-6-5-7-9-15;/h5-9,14,16H,10-13,19H2,1-4H3;1H. The second kappa shape index (κ2) is 8.13. The van der Waals surface area contributed by atoms with Crippen LogP contribution in [0, 0.1) is 5.41 Å². The number of likely N-dealkylation sites (tertiary alicyclic amines) is 1. The van der Waals surface area contributed by atoms with E-state index in [1.807, 2.05) is 37.1 Å². The molecule has 1 aliphatic rings. The van der Waals surface area contributed by atoms with Gasteiger partial charge in [-0.1, -0.05) is 44.2 Å². The van der Waals surface area contributed by atoms with Crippen molar-refractivity contribution in [1.82, 2.24) is 9.80 Å². The third-order valence-corrected chi connectivity index (χ3v) is 4.89. The lowest BCUT2D eigenvalue weighted by Crippen LogP contribution is -2.57. The highest BCUT2D eigenvalue weighted by atomic mass is 35.5. The molecule has 1 saturated heterocycles. The van der Waals surface area contributed by atoms with Crippen molar-refractivity contribution >= 4 is 18.3 Å². The van der Waals surface area contributed by atoms with Gasteiger partial charge in [0.15, 0.2) is 0 Å². The average Bonchev–Trinajstić information content (AvgIpc) is 2.49. The average molecular weight is 340 g/mol. The number of rotatable bonds is 4. The normalized spacial score (nSPS) is 22.0. The lowest BCUT2D eigenvalue weighted by molar-refractivity contribution is -0.137. The summed E-state index contributed by atoms with van der Waals surface area (Å²) < 4.78 is 0. The molecule has 2 unspecified atom stereocenters. The van der Waals surface area contributed by atoms with Gasteiger partial charge in [-0.25, -0.2) is 0 Å². The first kappa shape index (κ1) is 19.9. The van der Waals surface area contributed by atoms with Crippen LogP contribution in [0.5, 0.6) is 0 Å². The number of piperidine rings is 1. The Morgan fingerprint density at radius 3 is 2.57 bits per heavy atom. The summed E-state index contributed by atoms with van der Waals surface area (Å²) in [7, 11) is 1.88. The summed E-state index contributed by atoms with van der Waals surface area (Å²) in [6, 6.07) is 10.2. The summed E-state index contributed by atoms with van der Waals surface area (Å²) in [5.74, 6) is 0.176. The van der Waals surface area contributed by atoms with Crippen LogP contribution < -0.4 is 5.73 Å². The van der Waals surface area contributed by atoms with Gasteiger partial charge in [-0.3, -0.25) is 9.69 Å². The van der Waals surface area contributed by atoms with E-state index in [2.05, 4.69) is 30.9 Å². The van der Waals surface area contributed by atoms with E-state index in [0.717, 1.165) is 25.1 Å². The van der Waals surface area contributed by atoms with Crippen LogP contribution in [0.1, 0.15) is 32.8 Å². The molecule has 1 amide bonds. The first-order chi connectivity index (χ1) is 10.3. The number of nitrogens with two attached hydrogens (primary N) is 1. The largest absolute Gasteiger partial charge is 0.340 e. The summed E-state index contributed by atoms with van der Waals surface area (Å²) in [6.07, 6.45) is 0.951. The van der Waals surface area contributed by atoms with Gasteiger partial charge in [-0.05, 0) is 24.3 Å². The summed E-state index contributed by atoms with van der Waals surface area (Å²) >= 11 is 0. The Bertz CT molecular complexity index is 506. The molecule has 0 saturated carbocycles. The zero-order valence-electron chi connectivity index (χ0n) is 14.7. The highest BCUT2D eigenvalue weighted by Crippen LogP contribution is 2.29. The maximum absolute atomic E-state index is 12.7. The van der Waals surface area contributed by atoms with Gasteiger partial charge in [0.25, 0.3) is 0 Å². The van der Waals surface area contributed by atoms with Gasteiger partial charge in [0.2, 0.25) is 5.91 Å². The predicted molar refractivity (Wildman–Crippen MR) is 97.6 cm³/mol. The highest BCUT2D eigenvalue weighted by Gasteiger charge is 2.37. The van der Waals surface area contributed by atoms with Gasteiger partial charge in [0, 0.05) is 32.7 Å². The fraction of sp³-hybridized carbons (Fsp3) is 0.611. The topological polar surface area (TPSA) is 49.6 Å². The number of nitrogens with zero attached hydrogens (tertiary/aromatic N) is 2. The number of amides is 1. The van der Waals surface area contributed by atoms with Crippen LogP contribution in [0.15, 0.2) is 30.3 Å². The van der Waals surface area contributed by atoms with Crippen LogP contribution in [0.4, 0.5) is 0 Å². The molecule has 1 fully saturated rings. The molecule has 1 aromatic rings. The van der Waals surface area contributed by atoms with Crippen LogP contribution >= 0.6 is 12.4 Å². The van der Waals surface area contributed by atoms with Crippen LogP contribution in [0.25, 0.3) is 0 Å². The lowest BCUT2D eigenvalue weighted by Gasteiger charge is -2.45. The molecule has 2 N–H and O–H groups in total.